The van der Waals surface area contributed by atoms with Gasteiger partial charge in [0.05, 0.1) is 11.3 Å². The maximum atomic E-state index is 12.7. The molecule has 0 radical (unpaired) electrons. The highest BCUT2D eigenvalue weighted by atomic mass is 16.2. The summed E-state index contributed by atoms with van der Waals surface area (Å²) >= 11 is 0. The van der Waals surface area contributed by atoms with Crippen molar-refractivity contribution in [3.8, 4) is 0 Å². The van der Waals surface area contributed by atoms with Crippen molar-refractivity contribution in [3.05, 3.63) is 59.4 Å². The number of hydrazine groups is 1. The second-order valence-electron chi connectivity index (χ2n) is 4.87. The van der Waals surface area contributed by atoms with Gasteiger partial charge in [-0.05, 0) is 43.7 Å². The first-order valence-electron chi connectivity index (χ1n) is 6.91. The number of carbonyl (C=O) groups excluding carboxylic acids is 1. The van der Waals surface area contributed by atoms with Crippen LogP contribution in [0.2, 0.25) is 0 Å². The second-order valence-corrected chi connectivity index (χ2v) is 4.87. The minimum atomic E-state index is -0.0361. The summed E-state index contributed by atoms with van der Waals surface area (Å²) in [6, 6.07) is 9.42. The smallest absolute Gasteiger partial charge is 0.256 e. The van der Waals surface area contributed by atoms with Gasteiger partial charge in [-0.15, -0.1) is 0 Å². The monoisotopic (exact) mass is 284 g/mol. The molecule has 5 nitrogen and oxygen atoms in total. The highest BCUT2D eigenvalue weighted by Gasteiger charge is 2.18. The van der Waals surface area contributed by atoms with Crippen LogP contribution in [0, 0.1) is 6.92 Å². The molecule has 110 valence electrons. The molecule has 0 atom stereocenters. The molecule has 0 unspecified atom stereocenters. The lowest BCUT2D eigenvalue weighted by Gasteiger charge is -2.22. The molecular formula is C16H20N4O. The van der Waals surface area contributed by atoms with Crippen LogP contribution < -0.4 is 11.3 Å². The lowest BCUT2D eigenvalue weighted by atomic mass is 10.1. The number of rotatable bonds is 5. The van der Waals surface area contributed by atoms with E-state index in [-0.39, 0.29) is 5.91 Å². The van der Waals surface area contributed by atoms with Gasteiger partial charge in [-0.25, -0.2) is 0 Å². The number of hydrogen-bond donors (Lipinski definition) is 2. The molecule has 3 N–H and O–H groups in total. The maximum Gasteiger partial charge on any atom is 0.256 e. The summed E-state index contributed by atoms with van der Waals surface area (Å²) < 4.78 is 0. The van der Waals surface area contributed by atoms with Crippen LogP contribution in [0.15, 0.2) is 42.7 Å². The lowest BCUT2D eigenvalue weighted by molar-refractivity contribution is 0.0753. The number of carbonyl (C=O) groups is 1. The van der Waals surface area contributed by atoms with Crippen LogP contribution in [-0.4, -0.2) is 22.3 Å². The zero-order chi connectivity index (χ0) is 15.2. The number of anilines is 1. The molecule has 0 bridgehead atoms. The number of nitrogens with one attached hydrogen (secondary N) is 1. The number of aryl methyl sites for hydroxylation is 1. The lowest BCUT2D eigenvalue weighted by Crippen LogP contribution is -2.31. The first kappa shape index (κ1) is 15.0. The Morgan fingerprint density at radius 1 is 1.29 bits per heavy atom. The predicted octanol–water partition coefficient (Wildman–Crippen LogP) is 2.34. The van der Waals surface area contributed by atoms with Crippen LogP contribution in [0.5, 0.6) is 0 Å². The number of benzene rings is 1. The molecule has 0 saturated heterocycles. The van der Waals surface area contributed by atoms with E-state index in [9.17, 15) is 4.79 Å². The van der Waals surface area contributed by atoms with E-state index >= 15 is 0 Å². The van der Waals surface area contributed by atoms with Gasteiger partial charge in [0.15, 0.2) is 0 Å². The largest absolute Gasteiger partial charge is 0.335 e. The van der Waals surface area contributed by atoms with Gasteiger partial charge < -0.3 is 10.3 Å². The summed E-state index contributed by atoms with van der Waals surface area (Å²) in [6.45, 7) is 5.09. The van der Waals surface area contributed by atoms with Crippen molar-refractivity contribution in [2.24, 2.45) is 5.84 Å². The molecule has 2 aromatic rings. The number of hydrogen-bond acceptors (Lipinski definition) is 4. The fourth-order valence-corrected chi connectivity index (χ4v) is 2.17. The normalized spacial score (nSPS) is 10.2. The van der Waals surface area contributed by atoms with Crippen molar-refractivity contribution in [2.75, 3.05) is 12.0 Å². The van der Waals surface area contributed by atoms with Crippen LogP contribution in [0.25, 0.3) is 0 Å². The fourth-order valence-electron chi connectivity index (χ4n) is 2.17. The van der Waals surface area contributed by atoms with Crippen LogP contribution in [0.1, 0.15) is 28.4 Å². The van der Waals surface area contributed by atoms with E-state index in [1.54, 1.807) is 17.3 Å². The van der Waals surface area contributed by atoms with Crippen molar-refractivity contribution >= 4 is 11.6 Å². The van der Waals surface area contributed by atoms with Gasteiger partial charge in [-0.1, -0.05) is 11.6 Å². The number of nitrogen functional groups attached to an aromatic ring is 1. The number of pyridine rings is 1. The van der Waals surface area contributed by atoms with Crippen molar-refractivity contribution < 1.29 is 4.79 Å². The van der Waals surface area contributed by atoms with Crippen LogP contribution in [0.4, 0.5) is 5.69 Å². The summed E-state index contributed by atoms with van der Waals surface area (Å²) in [5.74, 6) is 5.47. The van der Waals surface area contributed by atoms with Crippen molar-refractivity contribution in [1.82, 2.24) is 9.88 Å². The van der Waals surface area contributed by atoms with Gasteiger partial charge in [0.2, 0.25) is 0 Å². The van der Waals surface area contributed by atoms with E-state index in [1.807, 2.05) is 44.2 Å². The minimum absolute atomic E-state index is 0.0361. The van der Waals surface area contributed by atoms with Crippen LogP contribution in [-0.2, 0) is 6.54 Å². The molecule has 0 aliphatic rings. The van der Waals surface area contributed by atoms with E-state index in [4.69, 9.17) is 5.84 Å². The third-order valence-electron chi connectivity index (χ3n) is 3.35. The third kappa shape index (κ3) is 3.58. The van der Waals surface area contributed by atoms with Crippen LogP contribution in [0.3, 0.4) is 0 Å². The van der Waals surface area contributed by atoms with Crippen molar-refractivity contribution in [2.45, 2.75) is 20.4 Å². The van der Waals surface area contributed by atoms with Crippen molar-refractivity contribution in [1.29, 1.82) is 0 Å². The molecule has 1 amide bonds. The molecule has 21 heavy (non-hydrogen) atoms. The van der Waals surface area contributed by atoms with Crippen LogP contribution >= 0.6 is 0 Å². The standard InChI is InChI=1S/C16H20N4O/c1-3-20(11-13-6-8-18-9-7-13)16(21)14-10-12(2)4-5-15(14)19-17/h4-10,19H,3,11,17H2,1-2H3. The average Bonchev–Trinajstić information content (AvgIpc) is 2.53. The molecule has 1 heterocycles. The highest BCUT2D eigenvalue weighted by Crippen LogP contribution is 2.19. The third-order valence-corrected chi connectivity index (χ3v) is 3.35. The SMILES string of the molecule is CCN(Cc1ccncc1)C(=O)c1cc(C)ccc1NN. The second kappa shape index (κ2) is 6.85. The topological polar surface area (TPSA) is 71.2 Å². The van der Waals surface area contributed by atoms with Gasteiger partial charge in [-0.3, -0.25) is 15.6 Å². The van der Waals surface area contributed by atoms with E-state index in [2.05, 4.69) is 10.4 Å². The Morgan fingerprint density at radius 2 is 2.00 bits per heavy atom. The summed E-state index contributed by atoms with van der Waals surface area (Å²) in [5, 5.41) is 0. The number of nitrogens with two attached hydrogens (primary N) is 1. The summed E-state index contributed by atoms with van der Waals surface area (Å²) in [5.41, 5.74) is 5.89. The number of nitrogens with zero attached hydrogens (tertiary/aromatic N) is 2. The highest BCUT2D eigenvalue weighted by molar-refractivity contribution is 5.99. The average molecular weight is 284 g/mol. The van der Waals surface area contributed by atoms with E-state index in [0.29, 0.717) is 24.3 Å². The Morgan fingerprint density at radius 3 is 2.62 bits per heavy atom. The fraction of sp³-hybridized carbons (Fsp3) is 0.250. The zero-order valence-corrected chi connectivity index (χ0v) is 12.3. The van der Waals surface area contributed by atoms with E-state index in [0.717, 1.165) is 11.1 Å². The van der Waals surface area contributed by atoms with Gasteiger partial charge in [0.1, 0.15) is 0 Å². The van der Waals surface area contributed by atoms with Gasteiger partial charge in [-0.2, -0.15) is 0 Å². The Balaban J connectivity index is 2.26. The molecule has 0 aliphatic carbocycles. The van der Waals surface area contributed by atoms with Gasteiger partial charge >= 0.3 is 0 Å². The molecule has 2 rings (SSSR count). The molecular weight excluding hydrogens is 264 g/mol. The Hall–Kier alpha value is -2.40. The molecule has 0 aliphatic heterocycles. The van der Waals surface area contributed by atoms with E-state index in [1.165, 1.54) is 0 Å². The Labute approximate surface area is 124 Å². The van der Waals surface area contributed by atoms with Crippen molar-refractivity contribution in [3.63, 3.8) is 0 Å². The minimum Gasteiger partial charge on any atom is -0.335 e. The number of amides is 1. The molecule has 1 aromatic heterocycles. The van der Waals surface area contributed by atoms with Gasteiger partial charge in [0.25, 0.3) is 5.91 Å². The number of aromatic nitrogens is 1. The maximum absolute atomic E-state index is 12.7. The summed E-state index contributed by atoms with van der Waals surface area (Å²) in [7, 11) is 0. The molecule has 5 heteroatoms. The van der Waals surface area contributed by atoms with E-state index < -0.39 is 0 Å². The molecule has 0 saturated carbocycles. The zero-order valence-electron chi connectivity index (χ0n) is 12.3. The molecule has 0 spiro atoms. The first-order valence-corrected chi connectivity index (χ1v) is 6.91. The van der Waals surface area contributed by atoms with Gasteiger partial charge in [0, 0.05) is 25.5 Å². The quantitative estimate of drug-likeness (QED) is 0.653. The predicted molar refractivity (Wildman–Crippen MR) is 83.6 cm³/mol. The molecule has 1 aromatic carbocycles. The summed E-state index contributed by atoms with van der Waals surface area (Å²) in [6.07, 6.45) is 3.46. The summed E-state index contributed by atoms with van der Waals surface area (Å²) in [4.78, 5) is 18.5. The molecule has 0 fully saturated rings. The Bertz CT molecular complexity index is 613. The Kier molecular flexibility index (Phi) is 4.90. The first-order chi connectivity index (χ1) is 10.2.